The molecule has 0 aliphatic carbocycles. The van der Waals surface area contributed by atoms with Crippen molar-refractivity contribution < 1.29 is 40.7 Å². The summed E-state index contributed by atoms with van der Waals surface area (Å²) in [5.74, 6) is -1.46. The van der Waals surface area contributed by atoms with Gasteiger partial charge < -0.3 is 20.1 Å². The zero-order valence-corrected chi connectivity index (χ0v) is 22.6. The summed E-state index contributed by atoms with van der Waals surface area (Å²) in [6.07, 6.45) is -2.18. The Morgan fingerprint density at radius 1 is 1.17 bits per heavy atom. The maximum atomic E-state index is 13.2. The molecular weight excluding hydrogens is 567 g/mol. The number of nitrogens with zero attached hydrogens (tertiary/aromatic N) is 3. The van der Waals surface area contributed by atoms with Crippen LogP contribution < -0.4 is 20.1 Å². The van der Waals surface area contributed by atoms with Crippen LogP contribution in [0, 0.1) is 12.8 Å². The average molecular weight is 594 g/mol. The first kappa shape index (κ1) is 28.4. The first-order valence-electron chi connectivity index (χ1n) is 12.7. The van der Waals surface area contributed by atoms with Crippen LogP contribution >= 0.6 is 0 Å². The standard InChI is InChI=1S/C26H26F3N5O6S/c1-15-5-6-21(30-11-15)34-23(32-24(35)16-12-41(37,38)13-16)22-20(33-34)9-17(31-25(22)36)7-8-39-18-3-2-4-19(10-18)40-14-26(27,28)29/h2-6,10-11,16-17H,7-9,12-14H2,1H3,(H,31,36)(H,32,35)/t17-/m0/s1. The predicted octanol–water partition coefficient (Wildman–Crippen LogP) is 2.62. The molecule has 5 rings (SSSR count). The number of aromatic nitrogens is 3. The number of anilines is 1. The lowest BCUT2D eigenvalue weighted by atomic mass is 9.99. The van der Waals surface area contributed by atoms with Crippen LogP contribution in [0.3, 0.4) is 0 Å². The zero-order chi connectivity index (χ0) is 29.4. The number of fused-ring (bicyclic) bond motifs is 1. The van der Waals surface area contributed by atoms with Crippen molar-refractivity contribution in [3.8, 4) is 17.3 Å². The lowest BCUT2D eigenvalue weighted by molar-refractivity contribution is -0.153. The molecule has 1 fully saturated rings. The summed E-state index contributed by atoms with van der Waals surface area (Å²) in [6, 6.07) is 8.94. The van der Waals surface area contributed by atoms with Gasteiger partial charge in [-0.3, -0.25) is 9.59 Å². The van der Waals surface area contributed by atoms with E-state index in [4.69, 9.17) is 9.47 Å². The fraction of sp³-hybridized carbons (Fsp3) is 0.385. The van der Waals surface area contributed by atoms with Gasteiger partial charge in [-0.15, -0.1) is 0 Å². The summed E-state index contributed by atoms with van der Waals surface area (Å²) < 4.78 is 72.2. The zero-order valence-electron chi connectivity index (χ0n) is 21.8. The van der Waals surface area contributed by atoms with Crippen LogP contribution in [0.25, 0.3) is 5.82 Å². The van der Waals surface area contributed by atoms with Crippen molar-refractivity contribution in [2.45, 2.75) is 32.0 Å². The number of halogens is 3. The van der Waals surface area contributed by atoms with Gasteiger partial charge in [-0.1, -0.05) is 12.1 Å². The SMILES string of the molecule is Cc1ccc(-n2nc3c(c2NC(=O)C2CS(=O)(=O)C2)C(=O)N[C@@H](CCOc2cccc(OCC(F)(F)F)c2)C3)nc1. The van der Waals surface area contributed by atoms with E-state index in [1.807, 2.05) is 6.92 Å². The fourth-order valence-electron chi connectivity index (χ4n) is 4.50. The molecule has 2 aromatic heterocycles. The van der Waals surface area contributed by atoms with E-state index in [1.54, 1.807) is 24.4 Å². The molecule has 41 heavy (non-hydrogen) atoms. The minimum atomic E-state index is -4.46. The van der Waals surface area contributed by atoms with E-state index in [0.29, 0.717) is 30.1 Å². The quantitative estimate of drug-likeness (QED) is 0.386. The number of amides is 2. The number of carbonyl (C=O) groups is 2. The Labute approximate surface area is 233 Å². The molecule has 218 valence electrons. The Morgan fingerprint density at radius 2 is 1.90 bits per heavy atom. The highest BCUT2D eigenvalue weighted by atomic mass is 32.2. The average Bonchev–Trinajstić information content (AvgIpc) is 3.24. The number of ether oxygens (including phenoxy) is 2. The van der Waals surface area contributed by atoms with Crippen LogP contribution in [0.1, 0.15) is 28.0 Å². The summed E-state index contributed by atoms with van der Waals surface area (Å²) in [5.41, 5.74) is 1.47. The Morgan fingerprint density at radius 3 is 2.56 bits per heavy atom. The van der Waals surface area contributed by atoms with E-state index in [2.05, 4.69) is 20.7 Å². The molecule has 4 heterocycles. The van der Waals surface area contributed by atoms with Gasteiger partial charge in [0.05, 0.1) is 29.7 Å². The molecule has 0 bridgehead atoms. The lowest BCUT2D eigenvalue weighted by Crippen LogP contribution is -2.45. The molecule has 2 N–H and O–H groups in total. The van der Waals surface area contributed by atoms with Gasteiger partial charge in [-0.2, -0.15) is 23.0 Å². The van der Waals surface area contributed by atoms with Crippen molar-refractivity contribution in [2.75, 3.05) is 30.0 Å². The number of sulfone groups is 1. The fourth-order valence-corrected chi connectivity index (χ4v) is 5.93. The van der Waals surface area contributed by atoms with E-state index >= 15 is 0 Å². The molecule has 0 radical (unpaired) electrons. The van der Waals surface area contributed by atoms with Crippen molar-refractivity contribution in [3.05, 3.63) is 59.4 Å². The van der Waals surface area contributed by atoms with Crippen LogP contribution in [0.15, 0.2) is 42.6 Å². The van der Waals surface area contributed by atoms with E-state index in [9.17, 15) is 31.2 Å². The van der Waals surface area contributed by atoms with Crippen LogP contribution in [-0.2, 0) is 21.1 Å². The number of alkyl halides is 3. The van der Waals surface area contributed by atoms with Gasteiger partial charge in [0.2, 0.25) is 5.91 Å². The van der Waals surface area contributed by atoms with Crippen LogP contribution in [0.2, 0.25) is 0 Å². The number of rotatable bonds is 9. The number of hydrogen-bond donors (Lipinski definition) is 2. The van der Waals surface area contributed by atoms with Crippen molar-refractivity contribution in [3.63, 3.8) is 0 Å². The van der Waals surface area contributed by atoms with Gasteiger partial charge in [-0.05, 0) is 30.7 Å². The molecule has 11 nitrogen and oxygen atoms in total. The van der Waals surface area contributed by atoms with Crippen molar-refractivity contribution >= 4 is 27.5 Å². The third-order valence-electron chi connectivity index (χ3n) is 6.54. The molecule has 3 aromatic rings. The normalized spacial score (nSPS) is 18.1. The smallest absolute Gasteiger partial charge is 0.422 e. The largest absolute Gasteiger partial charge is 0.493 e. The third-order valence-corrected chi connectivity index (χ3v) is 8.36. The van der Waals surface area contributed by atoms with Crippen LogP contribution in [0.5, 0.6) is 11.5 Å². The first-order chi connectivity index (χ1) is 19.4. The van der Waals surface area contributed by atoms with E-state index < -0.39 is 40.4 Å². The monoisotopic (exact) mass is 593 g/mol. The lowest BCUT2D eigenvalue weighted by Gasteiger charge is -2.26. The molecule has 0 spiro atoms. The summed E-state index contributed by atoms with van der Waals surface area (Å²) in [5, 5.41) is 10.1. The molecular formula is C26H26F3N5O6S. The molecule has 1 atom stereocenters. The predicted molar refractivity (Wildman–Crippen MR) is 140 cm³/mol. The minimum absolute atomic E-state index is 0.0137. The van der Waals surface area contributed by atoms with Gasteiger partial charge in [0.25, 0.3) is 5.91 Å². The maximum absolute atomic E-state index is 13.2. The van der Waals surface area contributed by atoms with Crippen molar-refractivity contribution in [1.29, 1.82) is 0 Å². The Kier molecular flexibility index (Phi) is 7.64. The Bertz CT molecular complexity index is 1560. The first-order valence-corrected chi connectivity index (χ1v) is 14.5. The molecule has 1 aromatic carbocycles. The molecule has 1 saturated heterocycles. The third kappa shape index (κ3) is 6.78. The van der Waals surface area contributed by atoms with Crippen molar-refractivity contribution in [2.24, 2.45) is 5.92 Å². The molecule has 0 saturated carbocycles. The topological polar surface area (TPSA) is 142 Å². The highest BCUT2D eigenvalue weighted by Crippen LogP contribution is 2.30. The maximum Gasteiger partial charge on any atom is 0.422 e. The summed E-state index contributed by atoms with van der Waals surface area (Å²) >= 11 is 0. The van der Waals surface area contributed by atoms with Crippen molar-refractivity contribution in [1.82, 2.24) is 20.1 Å². The number of benzene rings is 1. The molecule has 0 unspecified atom stereocenters. The summed E-state index contributed by atoms with van der Waals surface area (Å²) in [4.78, 5) is 30.4. The molecule has 2 aliphatic heterocycles. The minimum Gasteiger partial charge on any atom is -0.493 e. The second kappa shape index (κ2) is 11.0. The number of nitrogens with one attached hydrogen (secondary N) is 2. The van der Waals surface area contributed by atoms with E-state index in [1.165, 1.54) is 22.9 Å². The summed E-state index contributed by atoms with van der Waals surface area (Å²) in [6.45, 7) is 0.583. The number of carbonyl (C=O) groups excluding carboxylic acids is 2. The Hall–Kier alpha value is -4.14. The van der Waals surface area contributed by atoms with E-state index in [-0.39, 0.29) is 41.3 Å². The molecule has 15 heteroatoms. The second-order valence-electron chi connectivity index (χ2n) is 9.93. The van der Waals surface area contributed by atoms with Gasteiger partial charge in [-0.25, -0.2) is 13.4 Å². The number of aryl methyl sites for hydroxylation is 1. The molecule has 2 amide bonds. The van der Waals surface area contributed by atoms with E-state index in [0.717, 1.165) is 5.56 Å². The van der Waals surface area contributed by atoms with Gasteiger partial charge in [0.15, 0.2) is 28.1 Å². The molecule has 2 aliphatic rings. The number of hydrogen-bond acceptors (Lipinski definition) is 8. The Balaban J connectivity index is 1.29. The summed E-state index contributed by atoms with van der Waals surface area (Å²) in [7, 11) is -3.24. The van der Waals surface area contributed by atoms with Crippen LogP contribution in [-0.4, -0.2) is 71.9 Å². The second-order valence-corrected chi connectivity index (χ2v) is 12.1. The van der Waals surface area contributed by atoms with Crippen LogP contribution in [0.4, 0.5) is 19.0 Å². The van der Waals surface area contributed by atoms with Gasteiger partial charge in [0.1, 0.15) is 17.1 Å². The van der Waals surface area contributed by atoms with Gasteiger partial charge >= 0.3 is 6.18 Å². The highest BCUT2D eigenvalue weighted by molar-refractivity contribution is 7.92. The highest BCUT2D eigenvalue weighted by Gasteiger charge is 2.40. The van der Waals surface area contributed by atoms with Gasteiger partial charge in [0, 0.05) is 31.1 Å². The number of pyridine rings is 1.